The lowest BCUT2D eigenvalue weighted by atomic mass is 9.99. The van der Waals surface area contributed by atoms with E-state index < -0.39 is 10.0 Å². The average molecular weight is 283 g/mol. The second kappa shape index (κ2) is 7.06. The smallest absolute Gasteiger partial charge is 0.208 e. The van der Waals surface area contributed by atoms with Crippen LogP contribution in [0.5, 0.6) is 0 Å². The number of nitrogens with one attached hydrogen (secondary N) is 1. The molecular formula is C15H25NO2S. The van der Waals surface area contributed by atoms with Crippen LogP contribution in [0.25, 0.3) is 0 Å². The van der Waals surface area contributed by atoms with Crippen LogP contribution in [0.2, 0.25) is 0 Å². The van der Waals surface area contributed by atoms with Crippen molar-refractivity contribution in [2.45, 2.75) is 63.8 Å². The Kier molecular flexibility index (Phi) is 6.01. The van der Waals surface area contributed by atoms with Crippen LogP contribution in [0, 0.1) is 0 Å². The number of sulfonamides is 1. The standard InChI is InChI=1S/C15H25NO2S/c1-5-12(4)13-8-10-15(11-9-13)19(17,18)16-14(6-2)7-3/h8-12,14,16H,5-7H2,1-4H3. The first-order valence-electron chi connectivity index (χ1n) is 7.06. The molecule has 0 aliphatic rings. The van der Waals surface area contributed by atoms with Crippen molar-refractivity contribution >= 4 is 10.0 Å². The molecule has 1 rings (SSSR count). The molecule has 0 saturated heterocycles. The van der Waals surface area contributed by atoms with Crippen LogP contribution < -0.4 is 4.72 Å². The molecule has 1 aromatic carbocycles. The topological polar surface area (TPSA) is 46.2 Å². The van der Waals surface area contributed by atoms with Gasteiger partial charge >= 0.3 is 0 Å². The lowest BCUT2D eigenvalue weighted by Crippen LogP contribution is -2.33. The zero-order valence-electron chi connectivity index (χ0n) is 12.3. The lowest BCUT2D eigenvalue weighted by molar-refractivity contribution is 0.530. The Morgan fingerprint density at radius 3 is 1.95 bits per heavy atom. The van der Waals surface area contributed by atoms with E-state index in [1.807, 2.05) is 26.0 Å². The Hall–Kier alpha value is -0.870. The van der Waals surface area contributed by atoms with Gasteiger partial charge in [0, 0.05) is 6.04 Å². The molecule has 1 atom stereocenters. The van der Waals surface area contributed by atoms with Gasteiger partial charge in [-0.05, 0) is 42.9 Å². The molecule has 0 fully saturated rings. The second-order valence-corrected chi connectivity index (χ2v) is 6.73. The molecule has 0 amide bonds. The molecular weight excluding hydrogens is 258 g/mol. The molecule has 0 heterocycles. The van der Waals surface area contributed by atoms with Gasteiger partial charge in [0.1, 0.15) is 0 Å². The highest BCUT2D eigenvalue weighted by Crippen LogP contribution is 2.20. The van der Waals surface area contributed by atoms with Gasteiger partial charge in [0.2, 0.25) is 10.0 Å². The fourth-order valence-corrected chi connectivity index (χ4v) is 3.36. The van der Waals surface area contributed by atoms with Gasteiger partial charge in [-0.1, -0.05) is 39.8 Å². The summed E-state index contributed by atoms with van der Waals surface area (Å²) >= 11 is 0. The molecule has 3 nitrogen and oxygen atoms in total. The van der Waals surface area contributed by atoms with Crippen LogP contribution in [0.3, 0.4) is 0 Å². The molecule has 0 saturated carbocycles. The quantitative estimate of drug-likeness (QED) is 0.830. The minimum absolute atomic E-state index is 0.0132. The molecule has 19 heavy (non-hydrogen) atoms. The van der Waals surface area contributed by atoms with E-state index in [0.29, 0.717) is 10.8 Å². The van der Waals surface area contributed by atoms with Crippen molar-refractivity contribution in [2.24, 2.45) is 0 Å². The van der Waals surface area contributed by atoms with Crippen molar-refractivity contribution in [1.29, 1.82) is 0 Å². The van der Waals surface area contributed by atoms with Gasteiger partial charge in [0.05, 0.1) is 4.90 Å². The summed E-state index contributed by atoms with van der Waals surface area (Å²) in [5.74, 6) is 0.462. The number of hydrogen-bond donors (Lipinski definition) is 1. The molecule has 0 aromatic heterocycles. The lowest BCUT2D eigenvalue weighted by Gasteiger charge is -2.15. The zero-order chi connectivity index (χ0) is 14.5. The van der Waals surface area contributed by atoms with Gasteiger partial charge in [0.15, 0.2) is 0 Å². The SMILES string of the molecule is CCC(CC)NS(=O)(=O)c1ccc(C(C)CC)cc1. The van der Waals surface area contributed by atoms with Crippen molar-refractivity contribution in [3.8, 4) is 0 Å². The number of hydrogen-bond acceptors (Lipinski definition) is 2. The Bertz CT molecular complexity index is 475. The summed E-state index contributed by atoms with van der Waals surface area (Å²) in [6.45, 7) is 8.25. The largest absolute Gasteiger partial charge is 0.240 e. The van der Waals surface area contributed by atoms with Crippen molar-refractivity contribution in [3.63, 3.8) is 0 Å². The van der Waals surface area contributed by atoms with E-state index in [0.717, 1.165) is 19.3 Å². The van der Waals surface area contributed by atoms with Crippen LogP contribution in [0.15, 0.2) is 29.2 Å². The van der Waals surface area contributed by atoms with Crippen molar-refractivity contribution in [3.05, 3.63) is 29.8 Å². The van der Waals surface area contributed by atoms with Crippen LogP contribution in [-0.2, 0) is 10.0 Å². The molecule has 1 aromatic rings. The van der Waals surface area contributed by atoms with E-state index >= 15 is 0 Å². The summed E-state index contributed by atoms with van der Waals surface area (Å²) in [7, 11) is -3.38. The summed E-state index contributed by atoms with van der Waals surface area (Å²) < 4.78 is 27.1. The first-order chi connectivity index (χ1) is 8.94. The molecule has 0 spiro atoms. The normalized spacial score (nSPS) is 13.7. The monoisotopic (exact) mass is 283 g/mol. The minimum atomic E-state index is -3.38. The van der Waals surface area contributed by atoms with E-state index in [2.05, 4.69) is 18.6 Å². The maximum atomic E-state index is 12.2. The van der Waals surface area contributed by atoms with E-state index in [1.165, 1.54) is 5.56 Å². The molecule has 0 bridgehead atoms. The van der Waals surface area contributed by atoms with Gasteiger partial charge in [0.25, 0.3) is 0 Å². The summed E-state index contributed by atoms with van der Waals surface area (Å²) in [5, 5.41) is 0. The van der Waals surface area contributed by atoms with E-state index in [4.69, 9.17) is 0 Å². The van der Waals surface area contributed by atoms with E-state index in [1.54, 1.807) is 12.1 Å². The van der Waals surface area contributed by atoms with Gasteiger partial charge in [-0.15, -0.1) is 0 Å². The highest BCUT2D eigenvalue weighted by atomic mass is 32.2. The van der Waals surface area contributed by atoms with Crippen molar-refractivity contribution in [1.82, 2.24) is 4.72 Å². The van der Waals surface area contributed by atoms with Gasteiger partial charge in [-0.2, -0.15) is 0 Å². The summed E-state index contributed by atoms with van der Waals surface area (Å²) in [5.41, 5.74) is 1.18. The molecule has 0 radical (unpaired) electrons. The maximum absolute atomic E-state index is 12.2. The number of rotatable bonds is 7. The Morgan fingerprint density at radius 1 is 1.00 bits per heavy atom. The van der Waals surface area contributed by atoms with E-state index in [-0.39, 0.29) is 6.04 Å². The van der Waals surface area contributed by atoms with Crippen LogP contribution >= 0.6 is 0 Å². The fraction of sp³-hybridized carbons (Fsp3) is 0.600. The third kappa shape index (κ3) is 4.32. The molecule has 4 heteroatoms. The molecule has 0 aliphatic carbocycles. The first-order valence-corrected chi connectivity index (χ1v) is 8.55. The zero-order valence-corrected chi connectivity index (χ0v) is 13.1. The Balaban J connectivity index is 2.90. The summed E-state index contributed by atoms with van der Waals surface area (Å²) in [6.07, 6.45) is 2.67. The minimum Gasteiger partial charge on any atom is -0.208 e. The molecule has 0 aliphatic heterocycles. The van der Waals surface area contributed by atoms with Crippen LogP contribution in [0.4, 0.5) is 0 Å². The van der Waals surface area contributed by atoms with E-state index in [9.17, 15) is 8.42 Å². The third-order valence-corrected chi connectivity index (χ3v) is 5.22. The highest BCUT2D eigenvalue weighted by Gasteiger charge is 2.18. The average Bonchev–Trinajstić information content (AvgIpc) is 2.44. The van der Waals surface area contributed by atoms with Crippen molar-refractivity contribution < 1.29 is 8.42 Å². The van der Waals surface area contributed by atoms with Gasteiger partial charge in [-0.25, -0.2) is 13.1 Å². The Morgan fingerprint density at radius 2 is 1.53 bits per heavy atom. The third-order valence-electron chi connectivity index (χ3n) is 3.68. The number of benzene rings is 1. The summed E-state index contributed by atoms with van der Waals surface area (Å²) in [6, 6.07) is 7.24. The van der Waals surface area contributed by atoms with Gasteiger partial charge in [-0.3, -0.25) is 0 Å². The molecule has 108 valence electrons. The Labute approximate surface area is 117 Å². The van der Waals surface area contributed by atoms with Crippen LogP contribution in [0.1, 0.15) is 58.4 Å². The second-order valence-electron chi connectivity index (χ2n) is 5.01. The fourth-order valence-electron chi connectivity index (χ4n) is 1.95. The molecule has 1 unspecified atom stereocenters. The maximum Gasteiger partial charge on any atom is 0.240 e. The van der Waals surface area contributed by atoms with Crippen molar-refractivity contribution in [2.75, 3.05) is 0 Å². The first kappa shape index (κ1) is 16.2. The predicted octanol–water partition coefficient (Wildman–Crippen LogP) is 3.67. The summed E-state index contributed by atoms with van der Waals surface area (Å²) in [4.78, 5) is 0.353. The van der Waals surface area contributed by atoms with Gasteiger partial charge < -0.3 is 0 Å². The highest BCUT2D eigenvalue weighted by molar-refractivity contribution is 7.89. The molecule has 1 N–H and O–H groups in total. The van der Waals surface area contributed by atoms with Crippen LogP contribution in [-0.4, -0.2) is 14.5 Å². The predicted molar refractivity (Wildman–Crippen MR) is 79.8 cm³/mol.